The van der Waals surface area contributed by atoms with Crippen LogP contribution in [0, 0.1) is 0 Å². The van der Waals surface area contributed by atoms with Crippen molar-refractivity contribution in [2.24, 2.45) is 0 Å². The van der Waals surface area contributed by atoms with E-state index in [1.54, 1.807) is 0 Å². The first kappa shape index (κ1) is 13.3. The van der Waals surface area contributed by atoms with E-state index >= 15 is 0 Å². The second kappa shape index (κ2) is 5.72. The van der Waals surface area contributed by atoms with Crippen LogP contribution >= 0.6 is 23.2 Å². The highest BCUT2D eigenvalue weighted by atomic mass is 35.5. The second-order valence-corrected chi connectivity index (χ2v) is 6.04. The van der Waals surface area contributed by atoms with E-state index in [-0.39, 0.29) is 0 Å². The Morgan fingerprint density at radius 2 is 1.89 bits per heavy atom. The smallest absolute Gasteiger partial charge is 0.0851 e. The van der Waals surface area contributed by atoms with Crippen molar-refractivity contribution < 1.29 is 0 Å². The van der Waals surface area contributed by atoms with Gasteiger partial charge in [-0.25, -0.2) is 0 Å². The van der Waals surface area contributed by atoms with Gasteiger partial charge in [0.2, 0.25) is 0 Å². The van der Waals surface area contributed by atoms with Crippen LogP contribution < -0.4 is 0 Å². The lowest BCUT2D eigenvalue weighted by molar-refractivity contribution is 0.415. The van der Waals surface area contributed by atoms with Crippen LogP contribution in [0.15, 0.2) is 18.2 Å². The van der Waals surface area contributed by atoms with E-state index in [4.69, 9.17) is 28.3 Å². The van der Waals surface area contributed by atoms with Crippen molar-refractivity contribution >= 4 is 34.1 Å². The van der Waals surface area contributed by atoms with Gasteiger partial charge in [-0.1, -0.05) is 37.3 Å². The topological polar surface area (TPSA) is 17.8 Å². The molecule has 2 nitrogen and oxygen atoms in total. The summed E-state index contributed by atoms with van der Waals surface area (Å²) in [6.07, 6.45) is 7.75. The van der Waals surface area contributed by atoms with Crippen LogP contribution in [-0.2, 0) is 5.88 Å². The Morgan fingerprint density at radius 1 is 1.16 bits per heavy atom. The number of nitrogens with zero attached hydrogens (tertiary/aromatic N) is 2. The van der Waals surface area contributed by atoms with Gasteiger partial charge in [-0.15, -0.1) is 11.6 Å². The molecule has 0 N–H and O–H groups in total. The molecule has 0 amide bonds. The normalized spacial score (nSPS) is 17.8. The molecule has 0 radical (unpaired) electrons. The van der Waals surface area contributed by atoms with Gasteiger partial charge in [-0.05, 0) is 31.0 Å². The first-order chi connectivity index (χ1) is 9.29. The molecule has 19 heavy (non-hydrogen) atoms. The fraction of sp³-hybridized carbons (Fsp3) is 0.533. The van der Waals surface area contributed by atoms with Crippen LogP contribution in [0.2, 0.25) is 5.02 Å². The maximum atomic E-state index is 6.09. The molecule has 3 rings (SSSR count). The fourth-order valence-electron chi connectivity index (χ4n) is 3.06. The average Bonchev–Trinajstić information content (AvgIpc) is 2.61. The molecule has 1 saturated carbocycles. The zero-order valence-corrected chi connectivity index (χ0v) is 12.4. The molecule has 0 saturated heterocycles. The zero-order valence-electron chi connectivity index (χ0n) is 10.9. The Hall–Kier alpha value is -0.730. The molecule has 0 aliphatic heterocycles. The number of halogens is 2. The molecule has 0 spiro atoms. The fourth-order valence-corrected chi connectivity index (χ4v) is 3.43. The van der Waals surface area contributed by atoms with E-state index < -0.39 is 0 Å². The van der Waals surface area contributed by atoms with Gasteiger partial charge in [-0.3, -0.25) is 4.68 Å². The second-order valence-electron chi connectivity index (χ2n) is 5.33. The van der Waals surface area contributed by atoms with E-state index in [1.807, 2.05) is 12.1 Å². The van der Waals surface area contributed by atoms with Crippen molar-refractivity contribution in [2.45, 2.75) is 50.4 Å². The summed E-state index contributed by atoms with van der Waals surface area (Å²) in [4.78, 5) is 0. The lowest BCUT2D eigenvalue weighted by Crippen LogP contribution is -2.09. The van der Waals surface area contributed by atoms with Crippen molar-refractivity contribution in [2.75, 3.05) is 0 Å². The minimum Gasteiger partial charge on any atom is -0.261 e. The third-order valence-corrected chi connectivity index (χ3v) is 4.53. The lowest BCUT2D eigenvalue weighted by Gasteiger charge is -2.16. The number of fused-ring (bicyclic) bond motifs is 1. The van der Waals surface area contributed by atoms with Crippen molar-refractivity contribution in [1.29, 1.82) is 0 Å². The summed E-state index contributed by atoms with van der Waals surface area (Å²) in [6, 6.07) is 6.51. The first-order valence-electron chi connectivity index (χ1n) is 7.02. The Bertz CT molecular complexity index is 569. The Kier molecular flexibility index (Phi) is 3.99. The number of aromatic nitrogens is 2. The molecule has 1 aliphatic rings. The van der Waals surface area contributed by atoms with Crippen LogP contribution in [0.5, 0.6) is 0 Å². The Morgan fingerprint density at radius 3 is 2.58 bits per heavy atom. The maximum Gasteiger partial charge on any atom is 0.0851 e. The molecule has 0 bridgehead atoms. The van der Waals surface area contributed by atoms with E-state index in [0.717, 1.165) is 16.1 Å². The lowest BCUT2D eigenvalue weighted by atomic mass is 10.1. The standard InChI is InChI=1S/C15H18Cl2N2/c16-10-14-13-9-11(17)7-8-15(13)19(18-14)12-5-3-1-2-4-6-12/h7-9,12H,1-6,10H2. The SMILES string of the molecule is ClCc1nn(C2CCCCCC2)c2ccc(Cl)cc12. The quantitative estimate of drug-likeness (QED) is 0.541. The summed E-state index contributed by atoms with van der Waals surface area (Å²) >= 11 is 12.1. The predicted molar refractivity (Wildman–Crippen MR) is 81.0 cm³/mol. The maximum absolute atomic E-state index is 6.09. The summed E-state index contributed by atoms with van der Waals surface area (Å²) < 4.78 is 2.19. The van der Waals surface area contributed by atoms with E-state index in [2.05, 4.69) is 10.7 Å². The Labute approximate surface area is 123 Å². The molecule has 0 unspecified atom stereocenters. The molecule has 4 heteroatoms. The van der Waals surface area contributed by atoms with Gasteiger partial charge in [0.25, 0.3) is 0 Å². The van der Waals surface area contributed by atoms with Crippen molar-refractivity contribution in [3.8, 4) is 0 Å². The van der Waals surface area contributed by atoms with E-state index in [1.165, 1.54) is 44.0 Å². The van der Waals surface area contributed by atoms with Gasteiger partial charge in [0, 0.05) is 10.4 Å². The molecule has 1 heterocycles. The minimum absolute atomic E-state index is 0.441. The third-order valence-electron chi connectivity index (χ3n) is 4.04. The molecule has 1 fully saturated rings. The monoisotopic (exact) mass is 296 g/mol. The largest absolute Gasteiger partial charge is 0.261 e. The summed E-state index contributed by atoms with van der Waals surface area (Å²) in [6.45, 7) is 0. The summed E-state index contributed by atoms with van der Waals surface area (Å²) in [7, 11) is 0. The summed E-state index contributed by atoms with van der Waals surface area (Å²) in [5.74, 6) is 0.441. The first-order valence-corrected chi connectivity index (χ1v) is 7.93. The van der Waals surface area contributed by atoms with Crippen LogP contribution in [0.3, 0.4) is 0 Å². The molecule has 1 aliphatic carbocycles. The Balaban J connectivity index is 2.07. The number of hydrogen-bond acceptors (Lipinski definition) is 1. The van der Waals surface area contributed by atoms with Crippen molar-refractivity contribution in [1.82, 2.24) is 9.78 Å². The molecule has 2 aromatic rings. The molecule has 1 aromatic carbocycles. The molecule has 102 valence electrons. The van der Waals surface area contributed by atoms with Gasteiger partial charge in [0.1, 0.15) is 0 Å². The number of benzene rings is 1. The van der Waals surface area contributed by atoms with Gasteiger partial charge >= 0.3 is 0 Å². The molecule has 0 atom stereocenters. The molecule has 1 aromatic heterocycles. The molecular weight excluding hydrogens is 279 g/mol. The average molecular weight is 297 g/mol. The minimum atomic E-state index is 0.441. The zero-order chi connectivity index (χ0) is 13.2. The van der Waals surface area contributed by atoms with Crippen LogP contribution in [0.1, 0.15) is 50.3 Å². The van der Waals surface area contributed by atoms with E-state index in [9.17, 15) is 0 Å². The van der Waals surface area contributed by atoms with Crippen LogP contribution in [0.25, 0.3) is 10.9 Å². The van der Waals surface area contributed by atoms with Gasteiger partial charge in [-0.2, -0.15) is 5.10 Å². The van der Waals surface area contributed by atoms with Crippen LogP contribution in [0.4, 0.5) is 0 Å². The van der Waals surface area contributed by atoms with Gasteiger partial charge in [0.15, 0.2) is 0 Å². The van der Waals surface area contributed by atoms with Crippen LogP contribution in [-0.4, -0.2) is 9.78 Å². The van der Waals surface area contributed by atoms with Gasteiger partial charge in [0.05, 0.1) is 23.1 Å². The highest BCUT2D eigenvalue weighted by Crippen LogP contribution is 2.32. The van der Waals surface area contributed by atoms with Crippen molar-refractivity contribution in [3.05, 3.63) is 28.9 Å². The summed E-state index contributed by atoms with van der Waals surface area (Å²) in [5.41, 5.74) is 2.12. The van der Waals surface area contributed by atoms with Crippen molar-refractivity contribution in [3.63, 3.8) is 0 Å². The number of rotatable bonds is 2. The molecular formula is C15H18Cl2N2. The third kappa shape index (κ3) is 2.61. The highest BCUT2D eigenvalue weighted by molar-refractivity contribution is 6.31. The summed E-state index contributed by atoms with van der Waals surface area (Å²) in [5, 5.41) is 6.59. The van der Waals surface area contributed by atoms with E-state index in [0.29, 0.717) is 11.9 Å². The highest BCUT2D eigenvalue weighted by Gasteiger charge is 2.19. The predicted octanol–water partition coefficient (Wildman–Crippen LogP) is 5.32. The van der Waals surface area contributed by atoms with Gasteiger partial charge < -0.3 is 0 Å². The number of hydrogen-bond donors (Lipinski definition) is 0. The number of alkyl halides is 1.